The van der Waals surface area contributed by atoms with Gasteiger partial charge in [-0.2, -0.15) is 0 Å². The summed E-state index contributed by atoms with van der Waals surface area (Å²) < 4.78 is 5.56. The van der Waals surface area contributed by atoms with E-state index in [0.29, 0.717) is 5.92 Å². The minimum atomic E-state index is -1.78. The summed E-state index contributed by atoms with van der Waals surface area (Å²) in [5.41, 5.74) is 0. The molecule has 0 aromatic heterocycles. The van der Waals surface area contributed by atoms with Gasteiger partial charge in [-0.1, -0.05) is 56.0 Å². The Hall–Kier alpha value is -0.170. The van der Waals surface area contributed by atoms with Gasteiger partial charge in [-0.25, -0.2) is 0 Å². The Balaban J connectivity index is 2.97. The van der Waals surface area contributed by atoms with Gasteiger partial charge in [0.1, 0.15) is 0 Å². The number of rotatable bonds is 4. The maximum absolute atomic E-state index is 5.63. The normalized spacial score (nSPS) is 15.4. The first kappa shape index (κ1) is 11.9. The number of benzene rings is 1. The van der Waals surface area contributed by atoms with E-state index in [9.17, 15) is 0 Å². The van der Waals surface area contributed by atoms with Crippen molar-refractivity contribution in [3.8, 4) is 0 Å². The highest BCUT2D eigenvalue weighted by Gasteiger charge is 2.19. The second-order valence-corrected chi connectivity index (χ2v) is 8.13. The first-order chi connectivity index (χ1) is 6.58. The van der Waals surface area contributed by atoms with Crippen molar-refractivity contribution in [2.24, 2.45) is 5.92 Å². The monoisotopic (exact) mass is 228 g/mol. The highest BCUT2D eigenvalue weighted by molar-refractivity contribution is 8.15. The molecule has 0 saturated carbocycles. The van der Waals surface area contributed by atoms with Crippen LogP contribution < -0.4 is 5.30 Å². The lowest BCUT2D eigenvalue weighted by Gasteiger charge is -2.22. The molecule has 1 nitrogen and oxygen atoms in total. The van der Waals surface area contributed by atoms with E-state index in [-0.39, 0.29) is 0 Å². The third-order valence-corrected chi connectivity index (χ3v) is 6.46. The fourth-order valence-corrected chi connectivity index (χ4v) is 4.84. The van der Waals surface area contributed by atoms with Gasteiger partial charge in [0.2, 0.25) is 0 Å². The highest BCUT2D eigenvalue weighted by atomic mass is 32.4. The fourth-order valence-electron chi connectivity index (χ4n) is 1.42. The minimum Gasteiger partial charge on any atom is -0.349 e. The summed E-state index contributed by atoms with van der Waals surface area (Å²) in [5, 5.41) is 1.19. The van der Waals surface area contributed by atoms with Gasteiger partial charge in [0.25, 0.3) is 0 Å². The van der Waals surface area contributed by atoms with Crippen LogP contribution in [0.15, 0.2) is 30.3 Å². The van der Waals surface area contributed by atoms with E-state index in [1.165, 1.54) is 5.30 Å². The average molecular weight is 228 g/mol. The second kappa shape index (κ2) is 5.06. The number of hydrogen-bond donors (Lipinski definition) is 0. The summed E-state index contributed by atoms with van der Waals surface area (Å²) in [5.74, 6) is 0.584. The van der Waals surface area contributed by atoms with Crippen LogP contribution in [0.1, 0.15) is 13.8 Å². The van der Waals surface area contributed by atoms with E-state index in [1.54, 1.807) is 7.11 Å². The van der Waals surface area contributed by atoms with Crippen LogP contribution in [0.5, 0.6) is 0 Å². The van der Waals surface area contributed by atoms with E-state index in [2.05, 4.69) is 26.0 Å². The molecule has 1 aromatic rings. The molecule has 78 valence electrons. The molecular weight excluding hydrogens is 211 g/mol. The Morgan fingerprint density at radius 1 is 1.29 bits per heavy atom. The molecule has 0 saturated heterocycles. The largest absolute Gasteiger partial charge is 0.349 e. The molecule has 0 bridgehead atoms. The Bertz CT molecular complexity index is 321. The number of hydrogen-bond acceptors (Lipinski definition) is 2. The van der Waals surface area contributed by atoms with Gasteiger partial charge in [-0.15, -0.1) is 0 Å². The maximum Gasteiger partial charge on any atom is 0.0945 e. The van der Waals surface area contributed by atoms with Crippen LogP contribution in [0.3, 0.4) is 0 Å². The topological polar surface area (TPSA) is 9.23 Å². The predicted octanol–water partition coefficient (Wildman–Crippen LogP) is 3.01. The molecule has 1 atom stereocenters. The molecule has 0 aliphatic carbocycles. The highest BCUT2D eigenvalue weighted by Crippen LogP contribution is 2.46. The van der Waals surface area contributed by atoms with Gasteiger partial charge < -0.3 is 4.52 Å². The first-order valence-electron chi connectivity index (χ1n) is 4.79. The molecular formula is C11H17OPS. The Morgan fingerprint density at radius 3 is 2.29 bits per heavy atom. The molecule has 1 rings (SSSR count). The van der Waals surface area contributed by atoms with Crippen LogP contribution in [0.4, 0.5) is 0 Å². The summed E-state index contributed by atoms with van der Waals surface area (Å²) in [6.45, 7) is 4.37. The van der Waals surface area contributed by atoms with Crippen molar-refractivity contribution in [2.45, 2.75) is 13.8 Å². The quantitative estimate of drug-likeness (QED) is 0.733. The lowest BCUT2D eigenvalue weighted by molar-refractivity contribution is 0.460. The van der Waals surface area contributed by atoms with E-state index in [4.69, 9.17) is 16.3 Å². The smallest absolute Gasteiger partial charge is 0.0945 e. The molecule has 1 unspecified atom stereocenters. The minimum absolute atomic E-state index is 0.584. The van der Waals surface area contributed by atoms with Crippen molar-refractivity contribution in [3.63, 3.8) is 0 Å². The molecule has 0 fully saturated rings. The lowest BCUT2D eigenvalue weighted by atomic mass is 10.3. The second-order valence-electron chi connectivity index (χ2n) is 3.77. The summed E-state index contributed by atoms with van der Waals surface area (Å²) >= 11 is 5.63. The summed E-state index contributed by atoms with van der Waals surface area (Å²) in [6.07, 6.45) is -0.800. The predicted molar refractivity (Wildman–Crippen MR) is 67.1 cm³/mol. The Kier molecular flexibility index (Phi) is 4.31. The summed E-state index contributed by atoms with van der Waals surface area (Å²) in [6, 6.07) is 10.2. The van der Waals surface area contributed by atoms with Crippen LogP contribution >= 0.6 is 6.26 Å². The molecule has 0 radical (unpaired) electrons. The van der Waals surface area contributed by atoms with E-state index < -0.39 is 6.26 Å². The van der Waals surface area contributed by atoms with Gasteiger partial charge >= 0.3 is 0 Å². The fraction of sp³-hybridized carbons (Fsp3) is 0.455. The van der Waals surface area contributed by atoms with Crippen LogP contribution in [-0.2, 0) is 16.3 Å². The average Bonchev–Trinajstić information content (AvgIpc) is 2.18. The van der Waals surface area contributed by atoms with Crippen molar-refractivity contribution in [1.29, 1.82) is 0 Å². The van der Waals surface area contributed by atoms with Gasteiger partial charge in [0.05, 0.1) is 6.26 Å². The van der Waals surface area contributed by atoms with Gasteiger partial charge in [0.15, 0.2) is 0 Å². The molecule has 0 aliphatic rings. The molecule has 0 aliphatic heterocycles. The van der Waals surface area contributed by atoms with Crippen LogP contribution in [0.2, 0.25) is 0 Å². The molecule has 0 heterocycles. The Morgan fingerprint density at radius 2 is 1.86 bits per heavy atom. The van der Waals surface area contributed by atoms with E-state index in [0.717, 1.165) is 6.16 Å². The van der Waals surface area contributed by atoms with E-state index >= 15 is 0 Å². The Labute approximate surface area is 91.6 Å². The molecule has 0 N–H and O–H groups in total. The van der Waals surface area contributed by atoms with Gasteiger partial charge in [-0.3, -0.25) is 0 Å². The molecule has 1 aromatic carbocycles. The van der Waals surface area contributed by atoms with Crippen molar-refractivity contribution < 1.29 is 4.52 Å². The van der Waals surface area contributed by atoms with Gasteiger partial charge in [-0.05, 0) is 5.92 Å². The zero-order valence-corrected chi connectivity index (χ0v) is 10.6. The van der Waals surface area contributed by atoms with Crippen molar-refractivity contribution in [1.82, 2.24) is 0 Å². The zero-order valence-electron chi connectivity index (χ0n) is 8.93. The molecule has 0 amide bonds. The molecule has 0 spiro atoms. The van der Waals surface area contributed by atoms with Crippen molar-refractivity contribution >= 4 is 23.4 Å². The zero-order chi connectivity index (χ0) is 10.6. The van der Waals surface area contributed by atoms with Crippen LogP contribution in [0.25, 0.3) is 0 Å². The van der Waals surface area contributed by atoms with E-state index in [1.807, 2.05) is 18.2 Å². The van der Waals surface area contributed by atoms with Crippen LogP contribution in [-0.4, -0.2) is 13.3 Å². The summed E-state index contributed by atoms with van der Waals surface area (Å²) in [4.78, 5) is 0. The molecule has 14 heavy (non-hydrogen) atoms. The third kappa shape index (κ3) is 2.91. The lowest BCUT2D eigenvalue weighted by Crippen LogP contribution is -2.11. The standard InChI is InChI=1S/C11H17OPS/c1-10(2)9-13(14,12-3)11-7-5-4-6-8-11/h4-8,10H,9H2,1-3H3. The molecule has 3 heteroatoms. The third-order valence-electron chi connectivity index (χ3n) is 2.05. The SMILES string of the molecule is COP(=S)(CC(C)C)c1ccccc1. The van der Waals surface area contributed by atoms with Crippen LogP contribution in [0, 0.1) is 5.92 Å². The maximum atomic E-state index is 5.63. The van der Waals surface area contributed by atoms with Crippen molar-refractivity contribution in [3.05, 3.63) is 30.3 Å². The van der Waals surface area contributed by atoms with Gasteiger partial charge in [0, 0.05) is 18.6 Å². The summed E-state index contributed by atoms with van der Waals surface area (Å²) in [7, 11) is 1.73. The first-order valence-corrected chi connectivity index (χ1v) is 7.69. The van der Waals surface area contributed by atoms with Crippen molar-refractivity contribution in [2.75, 3.05) is 13.3 Å².